The monoisotopic (exact) mass is 408 g/mol. The average molecular weight is 408 g/mol. The number of ether oxygens (including phenoxy) is 2. The van der Waals surface area contributed by atoms with Gasteiger partial charge >= 0.3 is 10.1 Å². The van der Waals surface area contributed by atoms with E-state index in [1.165, 1.54) is 20.3 Å². The Morgan fingerprint density at radius 2 is 1.93 bits per heavy atom. The number of fused-ring (bicyclic) bond motifs is 2. The number of rotatable bonds is 6. The van der Waals surface area contributed by atoms with Gasteiger partial charge in [0, 0.05) is 16.8 Å². The van der Waals surface area contributed by atoms with Crippen LogP contribution in [0.5, 0.6) is 17.2 Å². The SMILES string of the molecule is C=C[C@@H]1C[C@@H]2N[C@H]1/C(=C/c1cc(OS(C)(=O)=O)c(OC)c(C)c1OC)NC2=O. The standard InChI is InChI=1S/C19H24N2O6S/c1-6-11-7-14-19(22)21-13(16(11)20-14)8-12-9-15(27-28(5,23)24)18(26-4)10(2)17(12)25-3/h6,8-9,11,14,16,20H,1,7H2,2-5H3,(H,21,22)/b13-8-/t11-,14+,16-/m1/s1. The van der Waals surface area contributed by atoms with E-state index in [0.717, 1.165) is 6.26 Å². The van der Waals surface area contributed by atoms with Crippen molar-refractivity contribution in [3.05, 3.63) is 35.5 Å². The summed E-state index contributed by atoms with van der Waals surface area (Å²) in [6.45, 7) is 5.60. The number of methoxy groups -OCH3 is 2. The predicted octanol–water partition coefficient (Wildman–Crippen LogP) is 1.35. The van der Waals surface area contributed by atoms with Crippen molar-refractivity contribution in [2.45, 2.75) is 25.4 Å². The highest BCUT2D eigenvalue weighted by atomic mass is 32.2. The van der Waals surface area contributed by atoms with E-state index in [2.05, 4.69) is 17.2 Å². The summed E-state index contributed by atoms with van der Waals surface area (Å²) in [5.41, 5.74) is 1.80. The van der Waals surface area contributed by atoms with Gasteiger partial charge in [0.1, 0.15) is 5.75 Å². The fraction of sp³-hybridized carbons (Fsp3) is 0.421. The Kier molecular flexibility index (Phi) is 5.40. The molecular weight excluding hydrogens is 384 g/mol. The number of carbonyl (C=O) groups is 1. The molecule has 0 spiro atoms. The normalized spacial score (nSPS) is 25.4. The molecule has 0 saturated carbocycles. The van der Waals surface area contributed by atoms with Crippen LogP contribution in [-0.2, 0) is 14.9 Å². The Bertz CT molecular complexity index is 954. The lowest BCUT2D eigenvalue weighted by Gasteiger charge is -2.26. The van der Waals surface area contributed by atoms with Crippen LogP contribution in [0.3, 0.4) is 0 Å². The number of nitrogens with one attached hydrogen (secondary N) is 2. The first kappa shape index (κ1) is 20.2. The summed E-state index contributed by atoms with van der Waals surface area (Å²) >= 11 is 0. The van der Waals surface area contributed by atoms with Gasteiger partial charge in [0.25, 0.3) is 0 Å². The summed E-state index contributed by atoms with van der Waals surface area (Å²) in [4.78, 5) is 12.3. The van der Waals surface area contributed by atoms with Gasteiger partial charge in [0.15, 0.2) is 11.5 Å². The molecule has 0 radical (unpaired) electrons. The summed E-state index contributed by atoms with van der Waals surface area (Å²) in [7, 11) is -0.828. The first-order valence-electron chi connectivity index (χ1n) is 8.74. The lowest BCUT2D eigenvalue weighted by molar-refractivity contribution is -0.122. The topological polar surface area (TPSA) is 103 Å². The van der Waals surface area contributed by atoms with Gasteiger partial charge in [-0.2, -0.15) is 8.42 Å². The molecule has 1 aromatic rings. The van der Waals surface area contributed by atoms with E-state index in [9.17, 15) is 13.2 Å². The highest BCUT2D eigenvalue weighted by Gasteiger charge is 2.42. The van der Waals surface area contributed by atoms with Gasteiger partial charge in [-0.3, -0.25) is 10.1 Å². The summed E-state index contributed by atoms with van der Waals surface area (Å²) in [6, 6.07) is 1.19. The smallest absolute Gasteiger partial charge is 0.306 e. The molecule has 8 nitrogen and oxygen atoms in total. The summed E-state index contributed by atoms with van der Waals surface area (Å²) in [6.07, 6.45) is 5.23. The lowest BCUT2D eigenvalue weighted by Crippen LogP contribution is -2.51. The van der Waals surface area contributed by atoms with Crippen molar-refractivity contribution in [3.63, 3.8) is 0 Å². The summed E-state index contributed by atoms with van der Waals surface area (Å²) < 4.78 is 39.3. The number of amides is 1. The van der Waals surface area contributed by atoms with E-state index >= 15 is 0 Å². The highest BCUT2D eigenvalue weighted by Crippen LogP contribution is 2.42. The molecule has 9 heteroatoms. The Morgan fingerprint density at radius 3 is 2.50 bits per heavy atom. The molecule has 0 unspecified atom stereocenters. The van der Waals surface area contributed by atoms with Gasteiger partial charge in [0.2, 0.25) is 5.91 Å². The van der Waals surface area contributed by atoms with Crippen LogP contribution >= 0.6 is 0 Å². The van der Waals surface area contributed by atoms with Crippen LogP contribution < -0.4 is 24.3 Å². The first-order valence-corrected chi connectivity index (χ1v) is 10.6. The molecule has 2 aliphatic heterocycles. The minimum Gasteiger partial charge on any atom is -0.496 e. The van der Waals surface area contributed by atoms with Crippen molar-refractivity contribution in [2.24, 2.45) is 5.92 Å². The van der Waals surface area contributed by atoms with E-state index in [1.54, 1.807) is 13.0 Å². The van der Waals surface area contributed by atoms with Gasteiger partial charge in [0.05, 0.1) is 32.6 Å². The molecule has 2 aliphatic rings. The Labute approximate surface area is 164 Å². The van der Waals surface area contributed by atoms with Gasteiger partial charge in [-0.25, -0.2) is 0 Å². The molecule has 2 heterocycles. The third-order valence-electron chi connectivity index (χ3n) is 4.95. The minimum atomic E-state index is -3.76. The second kappa shape index (κ2) is 7.48. The van der Waals surface area contributed by atoms with Crippen LogP contribution in [-0.4, -0.2) is 46.9 Å². The van der Waals surface area contributed by atoms with Gasteiger partial charge in [-0.1, -0.05) is 6.08 Å². The second-order valence-corrected chi connectivity index (χ2v) is 8.44. The molecule has 2 bridgehead atoms. The van der Waals surface area contributed by atoms with Crippen molar-refractivity contribution in [1.82, 2.24) is 10.6 Å². The number of piperazine rings is 1. The Balaban J connectivity index is 2.13. The number of hydrogen-bond donors (Lipinski definition) is 2. The van der Waals surface area contributed by atoms with Crippen molar-refractivity contribution >= 4 is 22.1 Å². The van der Waals surface area contributed by atoms with E-state index in [0.29, 0.717) is 29.0 Å². The lowest BCUT2D eigenvalue weighted by atomic mass is 9.96. The fourth-order valence-electron chi connectivity index (χ4n) is 3.79. The van der Waals surface area contributed by atoms with Gasteiger partial charge in [-0.15, -0.1) is 6.58 Å². The zero-order valence-corrected chi connectivity index (χ0v) is 17.1. The molecule has 2 N–H and O–H groups in total. The van der Waals surface area contributed by atoms with Crippen molar-refractivity contribution < 1.29 is 26.9 Å². The summed E-state index contributed by atoms with van der Waals surface area (Å²) in [5.74, 6) is 0.806. The first-order chi connectivity index (χ1) is 13.2. The van der Waals surface area contributed by atoms with Crippen LogP contribution in [0.15, 0.2) is 24.4 Å². The minimum absolute atomic E-state index is 0.0508. The molecule has 2 fully saturated rings. The van der Waals surface area contributed by atoms with E-state index in [-0.39, 0.29) is 35.4 Å². The number of hydrogen-bond acceptors (Lipinski definition) is 7. The zero-order valence-electron chi connectivity index (χ0n) is 16.2. The number of carbonyl (C=O) groups excluding carboxylic acids is 1. The molecule has 152 valence electrons. The molecule has 0 aromatic heterocycles. The average Bonchev–Trinajstić information content (AvgIpc) is 2.99. The van der Waals surface area contributed by atoms with Crippen LogP contribution in [0.2, 0.25) is 0 Å². The van der Waals surface area contributed by atoms with Crippen LogP contribution in [0.4, 0.5) is 0 Å². The third kappa shape index (κ3) is 3.72. The van der Waals surface area contributed by atoms with Crippen molar-refractivity contribution in [3.8, 4) is 17.2 Å². The predicted molar refractivity (Wildman–Crippen MR) is 105 cm³/mol. The van der Waals surface area contributed by atoms with Gasteiger partial charge < -0.3 is 19.0 Å². The third-order valence-corrected chi connectivity index (χ3v) is 5.44. The van der Waals surface area contributed by atoms with E-state index < -0.39 is 10.1 Å². The maximum Gasteiger partial charge on any atom is 0.306 e. The largest absolute Gasteiger partial charge is 0.496 e. The zero-order chi connectivity index (χ0) is 20.6. The second-order valence-electron chi connectivity index (χ2n) is 6.86. The Hall–Kier alpha value is -2.52. The summed E-state index contributed by atoms with van der Waals surface area (Å²) in [5, 5.41) is 6.22. The number of benzene rings is 1. The highest BCUT2D eigenvalue weighted by molar-refractivity contribution is 7.86. The van der Waals surface area contributed by atoms with Gasteiger partial charge in [-0.05, 0) is 31.4 Å². The molecule has 3 atom stereocenters. The molecule has 2 saturated heterocycles. The Morgan fingerprint density at radius 1 is 1.25 bits per heavy atom. The van der Waals surface area contributed by atoms with Crippen LogP contribution in [0.25, 0.3) is 6.08 Å². The van der Waals surface area contributed by atoms with Crippen molar-refractivity contribution in [2.75, 3.05) is 20.5 Å². The van der Waals surface area contributed by atoms with Crippen molar-refractivity contribution in [1.29, 1.82) is 0 Å². The fourth-order valence-corrected chi connectivity index (χ4v) is 4.24. The molecular formula is C19H24N2O6S. The maximum atomic E-state index is 12.3. The molecule has 3 rings (SSSR count). The van der Waals surface area contributed by atoms with E-state index in [4.69, 9.17) is 13.7 Å². The van der Waals surface area contributed by atoms with Crippen LogP contribution in [0, 0.1) is 12.8 Å². The molecule has 0 aliphatic carbocycles. The quantitative estimate of drug-likeness (QED) is 0.541. The molecule has 1 amide bonds. The molecule has 1 aromatic carbocycles. The van der Waals surface area contributed by atoms with Crippen LogP contribution in [0.1, 0.15) is 17.5 Å². The molecule has 28 heavy (non-hydrogen) atoms. The van der Waals surface area contributed by atoms with E-state index in [1.807, 2.05) is 6.08 Å². The maximum absolute atomic E-state index is 12.3.